The summed E-state index contributed by atoms with van der Waals surface area (Å²) in [6.07, 6.45) is 3.54. The van der Waals surface area contributed by atoms with Crippen LogP contribution in [0, 0.1) is 5.92 Å². The zero-order chi connectivity index (χ0) is 13.2. The molecule has 1 aliphatic carbocycles. The van der Waals surface area contributed by atoms with E-state index in [0.29, 0.717) is 5.82 Å². The first-order chi connectivity index (χ1) is 9.26. The van der Waals surface area contributed by atoms with Crippen molar-refractivity contribution >= 4 is 5.91 Å². The summed E-state index contributed by atoms with van der Waals surface area (Å²) in [5, 5.41) is 6.80. The van der Waals surface area contributed by atoms with Crippen LogP contribution < -0.4 is 0 Å². The summed E-state index contributed by atoms with van der Waals surface area (Å²) in [6, 6.07) is 0. The molecule has 1 amide bonds. The fourth-order valence-corrected chi connectivity index (χ4v) is 2.49. The van der Waals surface area contributed by atoms with Crippen LogP contribution in [0.15, 0.2) is 0 Å². The predicted octanol–water partition coefficient (Wildman–Crippen LogP) is 0.535. The highest BCUT2D eigenvalue weighted by Gasteiger charge is 2.28. The van der Waals surface area contributed by atoms with Gasteiger partial charge in [0.25, 0.3) is 5.91 Å². The maximum Gasteiger partial charge on any atom is 0.293 e. The molecule has 2 aliphatic rings. The number of hydrogen-bond acceptors (Lipinski definition) is 4. The van der Waals surface area contributed by atoms with E-state index < -0.39 is 0 Å². The van der Waals surface area contributed by atoms with Gasteiger partial charge in [0, 0.05) is 39.1 Å². The maximum absolute atomic E-state index is 12.2. The SMILES string of the molecule is CCc1nc(C(=O)N2CCN(CC3CC3)CC2)n[nH]1. The Hall–Kier alpha value is -1.43. The molecule has 0 aromatic carbocycles. The number of H-pyrrole nitrogens is 1. The van der Waals surface area contributed by atoms with Gasteiger partial charge in [-0.25, -0.2) is 4.98 Å². The monoisotopic (exact) mass is 263 g/mol. The van der Waals surface area contributed by atoms with E-state index >= 15 is 0 Å². The van der Waals surface area contributed by atoms with Gasteiger partial charge in [-0.15, -0.1) is 5.10 Å². The summed E-state index contributed by atoms with van der Waals surface area (Å²) in [7, 11) is 0. The van der Waals surface area contributed by atoms with Crippen molar-refractivity contribution in [1.82, 2.24) is 25.0 Å². The van der Waals surface area contributed by atoms with Crippen molar-refractivity contribution in [1.29, 1.82) is 0 Å². The molecule has 3 rings (SSSR count). The standard InChI is InChI=1S/C13H21N5O/c1-2-11-14-12(16-15-11)13(19)18-7-5-17(6-8-18)9-10-3-4-10/h10H,2-9H2,1H3,(H,14,15,16). The molecule has 0 atom stereocenters. The summed E-state index contributed by atoms with van der Waals surface area (Å²) in [6.45, 7) is 6.75. The van der Waals surface area contributed by atoms with Crippen LogP contribution in [-0.4, -0.2) is 63.6 Å². The number of carbonyl (C=O) groups is 1. The zero-order valence-corrected chi connectivity index (χ0v) is 11.4. The Labute approximate surface area is 113 Å². The van der Waals surface area contributed by atoms with Gasteiger partial charge in [0.05, 0.1) is 0 Å². The molecular formula is C13H21N5O. The molecule has 0 bridgehead atoms. The minimum Gasteiger partial charge on any atom is -0.333 e. The summed E-state index contributed by atoms with van der Waals surface area (Å²) in [5.74, 6) is 1.97. The number of amides is 1. The van der Waals surface area contributed by atoms with Crippen LogP contribution in [0.3, 0.4) is 0 Å². The molecule has 104 valence electrons. The second-order valence-electron chi connectivity index (χ2n) is 5.50. The number of piperazine rings is 1. The van der Waals surface area contributed by atoms with E-state index in [9.17, 15) is 4.79 Å². The Morgan fingerprint density at radius 3 is 2.63 bits per heavy atom. The number of hydrogen-bond donors (Lipinski definition) is 1. The third kappa shape index (κ3) is 2.94. The van der Waals surface area contributed by atoms with Crippen LogP contribution in [0.25, 0.3) is 0 Å². The van der Waals surface area contributed by atoms with E-state index in [0.717, 1.165) is 44.3 Å². The summed E-state index contributed by atoms with van der Waals surface area (Å²) < 4.78 is 0. The van der Waals surface area contributed by atoms with Crippen molar-refractivity contribution in [3.05, 3.63) is 11.6 Å². The second kappa shape index (κ2) is 5.28. The predicted molar refractivity (Wildman–Crippen MR) is 70.8 cm³/mol. The Bertz CT molecular complexity index is 446. The smallest absolute Gasteiger partial charge is 0.293 e. The normalized spacial score (nSPS) is 20.8. The average molecular weight is 263 g/mol. The van der Waals surface area contributed by atoms with E-state index in [1.54, 1.807) is 0 Å². The van der Waals surface area contributed by atoms with E-state index in [2.05, 4.69) is 20.1 Å². The molecule has 1 aromatic rings. The minimum absolute atomic E-state index is 0.0398. The van der Waals surface area contributed by atoms with Gasteiger partial charge in [-0.05, 0) is 18.8 Å². The summed E-state index contributed by atoms with van der Waals surface area (Å²) in [5.41, 5.74) is 0. The molecule has 19 heavy (non-hydrogen) atoms. The van der Waals surface area contributed by atoms with Gasteiger partial charge in [-0.2, -0.15) is 0 Å². The van der Waals surface area contributed by atoms with Gasteiger partial charge >= 0.3 is 0 Å². The van der Waals surface area contributed by atoms with Gasteiger partial charge in [-0.1, -0.05) is 6.92 Å². The van der Waals surface area contributed by atoms with Crippen molar-refractivity contribution in [3.8, 4) is 0 Å². The van der Waals surface area contributed by atoms with Crippen LogP contribution >= 0.6 is 0 Å². The molecule has 1 aliphatic heterocycles. The lowest BCUT2D eigenvalue weighted by molar-refractivity contribution is 0.0620. The average Bonchev–Trinajstić information content (AvgIpc) is 3.12. The zero-order valence-electron chi connectivity index (χ0n) is 11.4. The van der Waals surface area contributed by atoms with E-state index in [4.69, 9.17) is 0 Å². The highest BCUT2D eigenvalue weighted by molar-refractivity contribution is 5.90. The molecule has 0 unspecified atom stereocenters. The highest BCUT2D eigenvalue weighted by atomic mass is 16.2. The Balaban J connectivity index is 1.53. The molecule has 2 fully saturated rings. The first-order valence-corrected chi connectivity index (χ1v) is 7.19. The van der Waals surface area contributed by atoms with Crippen molar-refractivity contribution in [2.45, 2.75) is 26.2 Å². The van der Waals surface area contributed by atoms with E-state index in [1.807, 2.05) is 11.8 Å². The van der Waals surface area contributed by atoms with Gasteiger partial charge < -0.3 is 4.90 Å². The molecule has 6 heteroatoms. The van der Waals surface area contributed by atoms with Gasteiger partial charge in [-0.3, -0.25) is 14.8 Å². The fraction of sp³-hybridized carbons (Fsp3) is 0.769. The van der Waals surface area contributed by atoms with E-state index in [-0.39, 0.29) is 5.91 Å². The minimum atomic E-state index is -0.0398. The van der Waals surface area contributed by atoms with Crippen molar-refractivity contribution in [3.63, 3.8) is 0 Å². The Morgan fingerprint density at radius 2 is 2.05 bits per heavy atom. The lowest BCUT2D eigenvalue weighted by atomic mass is 10.2. The first-order valence-electron chi connectivity index (χ1n) is 7.19. The summed E-state index contributed by atoms with van der Waals surface area (Å²) >= 11 is 0. The molecule has 0 spiro atoms. The molecule has 6 nitrogen and oxygen atoms in total. The van der Waals surface area contributed by atoms with Crippen LogP contribution in [-0.2, 0) is 6.42 Å². The van der Waals surface area contributed by atoms with Crippen LogP contribution in [0.4, 0.5) is 0 Å². The van der Waals surface area contributed by atoms with Crippen LogP contribution in [0.2, 0.25) is 0 Å². The third-order valence-corrected chi connectivity index (χ3v) is 3.93. The maximum atomic E-state index is 12.2. The highest BCUT2D eigenvalue weighted by Crippen LogP contribution is 2.29. The number of aryl methyl sites for hydroxylation is 1. The summed E-state index contributed by atoms with van der Waals surface area (Å²) in [4.78, 5) is 20.8. The number of nitrogens with one attached hydrogen (secondary N) is 1. The fourth-order valence-electron chi connectivity index (χ4n) is 2.49. The molecular weight excluding hydrogens is 242 g/mol. The topological polar surface area (TPSA) is 65.1 Å². The largest absolute Gasteiger partial charge is 0.333 e. The number of carbonyl (C=O) groups excluding carboxylic acids is 1. The number of aromatic nitrogens is 3. The second-order valence-corrected chi connectivity index (χ2v) is 5.50. The van der Waals surface area contributed by atoms with Crippen molar-refractivity contribution in [2.24, 2.45) is 5.92 Å². The number of rotatable bonds is 4. The molecule has 1 saturated heterocycles. The Morgan fingerprint density at radius 1 is 1.32 bits per heavy atom. The lowest BCUT2D eigenvalue weighted by Crippen LogP contribution is -2.49. The van der Waals surface area contributed by atoms with Crippen molar-refractivity contribution < 1.29 is 4.79 Å². The van der Waals surface area contributed by atoms with Crippen LogP contribution in [0.1, 0.15) is 36.2 Å². The molecule has 0 radical (unpaired) electrons. The third-order valence-electron chi connectivity index (χ3n) is 3.93. The first kappa shape index (κ1) is 12.6. The van der Waals surface area contributed by atoms with Gasteiger partial charge in [0.15, 0.2) is 0 Å². The molecule has 1 N–H and O–H groups in total. The Kier molecular flexibility index (Phi) is 3.50. The molecule has 1 aromatic heterocycles. The van der Waals surface area contributed by atoms with Crippen molar-refractivity contribution in [2.75, 3.05) is 32.7 Å². The van der Waals surface area contributed by atoms with Gasteiger partial charge in [0.1, 0.15) is 5.82 Å². The quantitative estimate of drug-likeness (QED) is 0.861. The van der Waals surface area contributed by atoms with Gasteiger partial charge in [0.2, 0.25) is 5.82 Å². The molecule has 2 heterocycles. The lowest BCUT2D eigenvalue weighted by Gasteiger charge is -2.34. The number of aromatic amines is 1. The molecule has 1 saturated carbocycles. The van der Waals surface area contributed by atoms with Crippen LogP contribution in [0.5, 0.6) is 0 Å². The van der Waals surface area contributed by atoms with E-state index in [1.165, 1.54) is 19.4 Å². The number of nitrogens with zero attached hydrogens (tertiary/aromatic N) is 4.